The first-order valence-electron chi connectivity index (χ1n) is 24.8. The SMILES string of the molecule is C.CC(C)Oc1ccc(C(=O)N[C@@H](Cc2ccc(O)cc2)C(N)=O)cc1Cl.CC(C)Oc1ccc(C(=O)N[C@@H](Cc2ccc(OC3CCN(c4ccccc4)C3=O)cc2)C(N)=O)cc1Cl.O=C1C(Br)CCN1c1ccccc1. The van der Waals surface area contributed by atoms with Crippen LogP contribution in [-0.4, -0.2) is 88.9 Å². The molecular formula is C59H65BrCl2N6O10. The number of phenols is 1. The molecule has 0 saturated carbocycles. The number of alkyl halides is 1. The maximum Gasteiger partial charge on any atom is 0.268 e. The lowest BCUT2D eigenvalue weighted by molar-refractivity contribution is -0.123. The molecule has 16 nitrogen and oxygen atoms in total. The second-order valence-electron chi connectivity index (χ2n) is 18.5. The first-order chi connectivity index (χ1) is 36.8. The fraction of sp³-hybridized carbons (Fsp3) is 0.288. The number of phenolic OH excluding ortho intramolecular Hbond substituents is 1. The van der Waals surface area contributed by atoms with E-state index in [4.69, 9.17) is 48.9 Å². The lowest BCUT2D eigenvalue weighted by Gasteiger charge is -2.18. The summed E-state index contributed by atoms with van der Waals surface area (Å²) in [6.45, 7) is 8.90. The summed E-state index contributed by atoms with van der Waals surface area (Å²) >= 11 is 15.7. The average Bonchev–Trinajstić information content (AvgIpc) is 3.95. The van der Waals surface area contributed by atoms with E-state index in [1.165, 1.54) is 24.3 Å². The molecule has 6 amide bonds. The highest BCUT2D eigenvalue weighted by molar-refractivity contribution is 9.10. The Morgan fingerprint density at radius 3 is 1.41 bits per heavy atom. The number of nitrogens with two attached hydrogens (primary N) is 2. The summed E-state index contributed by atoms with van der Waals surface area (Å²) < 4.78 is 17.1. The van der Waals surface area contributed by atoms with Gasteiger partial charge in [-0.25, -0.2) is 0 Å². The van der Waals surface area contributed by atoms with Crippen LogP contribution in [0.2, 0.25) is 10.0 Å². The van der Waals surface area contributed by atoms with Gasteiger partial charge in [0, 0.05) is 54.9 Å². The topological polar surface area (TPSA) is 233 Å². The van der Waals surface area contributed by atoms with Gasteiger partial charge >= 0.3 is 0 Å². The Labute approximate surface area is 473 Å². The zero-order valence-corrected chi connectivity index (χ0v) is 46.0. The second-order valence-corrected chi connectivity index (χ2v) is 20.4. The predicted octanol–water partition coefficient (Wildman–Crippen LogP) is 9.62. The molecule has 7 N–H and O–H groups in total. The highest BCUT2D eigenvalue weighted by Gasteiger charge is 2.34. The lowest BCUT2D eigenvalue weighted by atomic mass is 10.0. The molecule has 412 valence electrons. The first kappa shape index (κ1) is 61.3. The molecule has 6 aromatic carbocycles. The minimum atomic E-state index is -0.935. The third-order valence-corrected chi connectivity index (χ3v) is 13.3. The minimum Gasteiger partial charge on any atom is -0.508 e. The standard InChI is InChI=1S/C29H30ClN3O5.C19H21ClN2O4.C10H10BrNO.CH4/c1-18(2)37-25-13-10-20(17-23(25)30)28(35)32-24(27(31)34)16-19-8-11-22(12-9-19)38-26-14-15-33(29(26)36)21-6-4-3-5-7-21;1-11(2)26-17-8-5-13(10-15(17)20)19(25)22-16(18(21)24)9-12-3-6-14(23)7-4-12;11-9-6-7-12(10(9)13)8-4-2-1-3-5-8;/h3-13,17-18,24,26H,14-16H2,1-2H3,(H2,31,34)(H,32,35);3-8,10-11,16,23H,9H2,1-2H3,(H2,21,24)(H,22,25);1-5,9H,6-7H2;1H4/t24-,26?;16-;;/m00../s1. The Balaban J connectivity index is 0.000000240. The molecule has 2 fully saturated rings. The van der Waals surface area contributed by atoms with Crippen LogP contribution in [0.4, 0.5) is 11.4 Å². The van der Waals surface area contributed by atoms with Crippen molar-refractivity contribution in [1.29, 1.82) is 0 Å². The number of primary amides is 2. The summed E-state index contributed by atoms with van der Waals surface area (Å²) in [4.78, 5) is 76.9. The third-order valence-electron chi connectivity index (χ3n) is 11.9. The largest absolute Gasteiger partial charge is 0.508 e. The summed E-state index contributed by atoms with van der Waals surface area (Å²) in [7, 11) is 0. The number of anilines is 2. The van der Waals surface area contributed by atoms with Crippen LogP contribution < -0.4 is 46.1 Å². The maximum absolute atomic E-state index is 12.8. The molecule has 78 heavy (non-hydrogen) atoms. The van der Waals surface area contributed by atoms with Crippen LogP contribution in [0.5, 0.6) is 23.0 Å². The van der Waals surface area contributed by atoms with E-state index < -0.39 is 41.8 Å². The molecule has 8 rings (SSSR count). The van der Waals surface area contributed by atoms with Gasteiger partial charge in [-0.05, 0) is 130 Å². The van der Waals surface area contributed by atoms with Crippen molar-refractivity contribution in [2.75, 3.05) is 22.9 Å². The van der Waals surface area contributed by atoms with Gasteiger partial charge in [0.05, 0.1) is 27.1 Å². The molecule has 4 atom stereocenters. The molecule has 19 heteroatoms. The van der Waals surface area contributed by atoms with Crippen LogP contribution in [0, 0.1) is 0 Å². The monoisotopic (exact) mass is 1170 g/mol. The number of benzene rings is 6. The summed E-state index contributed by atoms with van der Waals surface area (Å²) in [6, 6.07) is 40.1. The van der Waals surface area contributed by atoms with Gasteiger partial charge in [-0.3, -0.25) is 28.8 Å². The molecule has 6 aromatic rings. The number of halogens is 3. The number of nitrogens with zero attached hydrogens (tertiary/aromatic N) is 2. The van der Waals surface area contributed by atoms with Crippen molar-refractivity contribution < 1.29 is 48.1 Å². The Hall–Kier alpha value is -7.60. The van der Waals surface area contributed by atoms with Crippen molar-refractivity contribution in [2.45, 2.75) is 96.0 Å². The number of hydrogen-bond acceptors (Lipinski definition) is 10. The van der Waals surface area contributed by atoms with Gasteiger partial charge in [-0.1, -0.05) is 107 Å². The van der Waals surface area contributed by atoms with Crippen LogP contribution in [-0.2, 0) is 32.0 Å². The smallest absolute Gasteiger partial charge is 0.268 e. The molecule has 0 radical (unpaired) electrons. The van der Waals surface area contributed by atoms with E-state index in [1.54, 1.807) is 65.6 Å². The maximum atomic E-state index is 12.8. The van der Waals surface area contributed by atoms with Crippen molar-refractivity contribution in [3.05, 3.63) is 178 Å². The van der Waals surface area contributed by atoms with E-state index in [9.17, 15) is 33.9 Å². The molecule has 2 aliphatic rings. The molecule has 2 aliphatic heterocycles. The molecule has 2 unspecified atom stereocenters. The van der Waals surface area contributed by atoms with Gasteiger partial charge in [0.2, 0.25) is 17.7 Å². The molecule has 0 aliphatic carbocycles. The van der Waals surface area contributed by atoms with Crippen molar-refractivity contribution >= 4 is 85.9 Å². The van der Waals surface area contributed by atoms with E-state index in [0.29, 0.717) is 45.8 Å². The fourth-order valence-corrected chi connectivity index (χ4v) is 8.92. The lowest BCUT2D eigenvalue weighted by Crippen LogP contribution is -2.45. The number of amides is 6. The van der Waals surface area contributed by atoms with Crippen LogP contribution in [0.25, 0.3) is 0 Å². The average molecular weight is 1170 g/mol. The second kappa shape index (κ2) is 29.2. The first-order valence-corrected chi connectivity index (χ1v) is 26.5. The van der Waals surface area contributed by atoms with Crippen LogP contribution >= 0.6 is 39.1 Å². The molecule has 0 spiro atoms. The Bertz CT molecular complexity index is 2990. The number of carbonyl (C=O) groups is 6. The van der Waals surface area contributed by atoms with Gasteiger partial charge < -0.3 is 51.2 Å². The van der Waals surface area contributed by atoms with E-state index in [2.05, 4.69) is 26.6 Å². The molecule has 0 bridgehead atoms. The van der Waals surface area contributed by atoms with E-state index >= 15 is 0 Å². The van der Waals surface area contributed by atoms with Gasteiger partial charge in [0.25, 0.3) is 17.7 Å². The Kier molecular flexibility index (Phi) is 23.0. The fourth-order valence-electron chi connectivity index (χ4n) is 8.02. The summed E-state index contributed by atoms with van der Waals surface area (Å²) in [5.41, 5.74) is 14.9. The normalized spacial score (nSPS) is 15.4. The Morgan fingerprint density at radius 1 is 0.615 bits per heavy atom. The van der Waals surface area contributed by atoms with E-state index in [0.717, 1.165) is 35.5 Å². The Morgan fingerprint density at radius 2 is 1.03 bits per heavy atom. The predicted molar refractivity (Wildman–Crippen MR) is 308 cm³/mol. The van der Waals surface area contributed by atoms with Gasteiger partial charge in [-0.15, -0.1) is 0 Å². The quantitative estimate of drug-likeness (QED) is 0.0511. The zero-order chi connectivity index (χ0) is 55.8. The summed E-state index contributed by atoms with van der Waals surface area (Å²) in [6.07, 6.45) is 1.20. The summed E-state index contributed by atoms with van der Waals surface area (Å²) in [5, 5.41) is 15.2. The molecule has 0 aromatic heterocycles. The van der Waals surface area contributed by atoms with Crippen LogP contribution in [0.3, 0.4) is 0 Å². The van der Waals surface area contributed by atoms with E-state index in [-0.39, 0.29) is 60.4 Å². The number of rotatable bonds is 18. The van der Waals surface area contributed by atoms with Gasteiger partial charge in [0.1, 0.15) is 35.1 Å². The number of aromatic hydroxyl groups is 1. The number of para-hydroxylation sites is 2. The zero-order valence-electron chi connectivity index (χ0n) is 42.9. The number of hydrogen-bond donors (Lipinski definition) is 5. The van der Waals surface area contributed by atoms with Crippen molar-refractivity contribution in [2.24, 2.45) is 11.5 Å². The molecular weight excluding hydrogens is 1100 g/mol. The minimum absolute atomic E-state index is 0. The highest BCUT2D eigenvalue weighted by atomic mass is 79.9. The number of ether oxygens (including phenoxy) is 3. The number of nitrogens with one attached hydrogen (secondary N) is 2. The van der Waals surface area contributed by atoms with Crippen molar-refractivity contribution in [3.63, 3.8) is 0 Å². The van der Waals surface area contributed by atoms with Gasteiger partial charge in [-0.2, -0.15) is 0 Å². The number of carbonyl (C=O) groups excluding carboxylic acids is 6. The molecule has 2 heterocycles. The van der Waals surface area contributed by atoms with E-state index in [1.807, 2.05) is 93.3 Å². The third kappa shape index (κ3) is 17.7. The van der Waals surface area contributed by atoms with Gasteiger partial charge in [0.15, 0.2) is 6.10 Å². The molecule has 2 saturated heterocycles. The van der Waals surface area contributed by atoms with Crippen LogP contribution in [0.15, 0.2) is 146 Å². The van der Waals surface area contributed by atoms with Crippen LogP contribution in [0.1, 0.15) is 79.8 Å². The highest BCUT2D eigenvalue weighted by Crippen LogP contribution is 2.29. The van der Waals surface area contributed by atoms with Crippen molar-refractivity contribution in [1.82, 2.24) is 10.6 Å². The van der Waals surface area contributed by atoms with Crippen molar-refractivity contribution in [3.8, 4) is 23.0 Å². The summed E-state index contributed by atoms with van der Waals surface area (Å²) in [5.74, 6) is -0.564.